The summed E-state index contributed by atoms with van der Waals surface area (Å²) in [6.45, 7) is 2.62. The highest BCUT2D eigenvalue weighted by atomic mass is 16.5. The van der Waals surface area contributed by atoms with E-state index in [0.717, 1.165) is 29.7 Å². The second-order valence-electron chi connectivity index (χ2n) is 5.25. The molecule has 1 aromatic rings. The van der Waals surface area contributed by atoms with Crippen molar-refractivity contribution in [2.24, 2.45) is 5.73 Å². The maximum Gasteiger partial charge on any atom is 0.260 e. The molecule has 3 rings (SSSR count). The number of rotatable bonds is 3. The van der Waals surface area contributed by atoms with Crippen molar-refractivity contribution in [1.82, 2.24) is 4.90 Å². The molecule has 1 amide bonds. The Morgan fingerprint density at radius 3 is 3.00 bits per heavy atom. The molecule has 5 heteroatoms. The Balaban J connectivity index is 1.63. The van der Waals surface area contributed by atoms with Crippen LogP contribution in [0.3, 0.4) is 0 Å². The summed E-state index contributed by atoms with van der Waals surface area (Å²) in [4.78, 5) is 13.8. The predicted molar refractivity (Wildman–Crippen MR) is 74.6 cm³/mol. The molecule has 0 aromatic heterocycles. The van der Waals surface area contributed by atoms with Crippen molar-refractivity contribution in [1.29, 1.82) is 0 Å². The summed E-state index contributed by atoms with van der Waals surface area (Å²) in [7, 11) is 0. The molecule has 2 aliphatic rings. The monoisotopic (exact) mass is 276 g/mol. The van der Waals surface area contributed by atoms with Crippen molar-refractivity contribution in [3.8, 4) is 5.75 Å². The van der Waals surface area contributed by atoms with E-state index >= 15 is 0 Å². The van der Waals surface area contributed by atoms with E-state index in [1.165, 1.54) is 0 Å². The van der Waals surface area contributed by atoms with Gasteiger partial charge in [-0.3, -0.25) is 4.79 Å². The number of nitrogens with two attached hydrogens (primary N) is 1. The molecule has 1 aliphatic heterocycles. The molecular formula is C15H20N2O3. The van der Waals surface area contributed by atoms with E-state index in [1.807, 2.05) is 18.2 Å². The molecule has 1 unspecified atom stereocenters. The van der Waals surface area contributed by atoms with Crippen molar-refractivity contribution in [3.05, 3.63) is 29.3 Å². The summed E-state index contributed by atoms with van der Waals surface area (Å²) in [5.41, 5.74) is 8.36. The van der Waals surface area contributed by atoms with Gasteiger partial charge < -0.3 is 20.1 Å². The average molecular weight is 276 g/mol. The summed E-state index contributed by atoms with van der Waals surface area (Å²) >= 11 is 0. The molecule has 1 aliphatic carbocycles. The van der Waals surface area contributed by atoms with E-state index < -0.39 is 0 Å². The number of carbonyl (C=O) groups excluding carboxylic acids is 1. The molecule has 1 fully saturated rings. The number of fused-ring (bicyclic) bond motifs is 1. The highest BCUT2D eigenvalue weighted by Crippen LogP contribution is 2.35. The summed E-state index contributed by atoms with van der Waals surface area (Å²) in [5, 5.41) is 0. The van der Waals surface area contributed by atoms with Gasteiger partial charge in [-0.15, -0.1) is 0 Å². The van der Waals surface area contributed by atoms with Crippen LogP contribution in [0.15, 0.2) is 18.2 Å². The standard InChI is InChI=1S/C15H20N2O3/c16-13-5-4-12-11(13)2-1-3-14(12)20-10-15(18)17-6-8-19-9-7-17/h1-3,13H,4-10,16H2. The summed E-state index contributed by atoms with van der Waals surface area (Å²) in [6, 6.07) is 6.01. The second kappa shape index (κ2) is 5.81. The number of morpholine rings is 1. The molecular weight excluding hydrogens is 256 g/mol. The zero-order chi connectivity index (χ0) is 13.9. The molecule has 0 bridgehead atoms. The van der Waals surface area contributed by atoms with Gasteiger partial charge in [0.1, 0.15) is 5.75 Å². The molecule has 1 saturated heterocycles. The van der Waals surface area contributed by atoms with Gasteiger partial charge in [0.2, 0.25) is 0 Å². The third-order valence-corrected chi connectivity index (χ3v) is 3.99. The molecule has 5 nitrogen and oxygen atoms in total. The van der Waals surface area contributed by atoms with Crippen LogP contribution in [0.2, 0.25) is 0 Å². The molecule has 0 spiro atoms. The van der Waals surface area contributed by atoms with Crippen LogP contribution in [0.5, 0.6) is 5.75 Å². The molecule has 1 atom stereocenters. The second-order valence-corrected chi connectivity index (χ2v) is 5.25. The van der Waals surface area contributed by atoms with Crippen molar-refractivity contribution in [2.45, 2.75) is 18.9 Å². The van der Waals surface area contributed by atoms with E-state index in [9.17, 15) is 4.79 Å². The number of carbonyl (C=O) groups is 1. The van der Waals surface area contributed by atoms with E-state index in [-0.39, 0.29) is 18.6 Å². The fourth-order valence-electron chi connectivity index (χ4n) is 2.83. The van der Waals surface area contributed by atoms with Crippen molar-refractivity contribution >= 4 is 5.91 Å². The van der Waals surface area contributed by atoms with Gasteiger partial charge in [-0.1, -0.05) is 12.1 Å². The Hall–Kier alpha value is -1.59. The molecule has 1 heterocycles. The van der Waals surface area contributed by atoms with Crippen LogP contribution in [0, 0.1) is 0 Å². The molecule has 108 valence electrons. The highest BCUT2D eigenvalue weighted by Gasteiger charge is 2.23. The van der Waals surface area contributed by atoms with Gasteiger partial charge in [0.15, 0.2) is 6.61 Å². The Kier molecular flexibility index (Phi) is 3.89. The molecule has 0 saturated carbocycles. The smallest absolute Gasteiger partial charge is 0.260 e. The lowest BCUT2D eigenvalue weighted by molar-refractivity contribution is -0.137. The summed E-state index contributed by atoms with van der Waals surface area (Å²) in [5.74, 6) is 0.824. The maximum atomic E-state index is 12.1. The van der Waals surface area contributed by atoms with Gasteiger partial charge in [-0.2, -0.15) is 0 Å². The van der Waals surface area contributed by atoms with Crippen LogP contribution < -0.4 is 10.5 Å². The van der Waals surface area contributed by atoms with Crippen LogP contribution >= 0.6 is 0 Å². The minimum atomic E-state index is 0.0215. The van der Waals surface area contributed by atoms with E-state index in [0.29, 0.717) is 26.3 Å². The zero-order valence-electron chi connectivity index (χ0n) is 11.5. The predicted octanol–water partition coefficient (Wildman–Crippen LogP) is 0.870. The lowest BCUT2D eigenvalue weighted by atomic mass is 10.1. The Labute approximate surface area is 118 Å². The normalized spacial score (nSPS) is 21.6. The number of amides is 1. The van der Waals surface area contributed by atoms with Crippen molar-refractivity contribution < 1.29 is 14.3 Å². The van der Waals surface area contributed by atoms with Gasteiger partial charge in [0, 0.05) is 19.1 Å². The first-order valence-electron chi connectivity index (χ1n) is 7.11. The number of hydrogen-bond donors (Lipinski definition) is 1. The molecule has 1 aromatic carbocycles. The summed E-state index contributed by atoms with van der Waals surface area (Å²) in [6.07, 6.45) is 1.88. The molecule has 20 heavy (non-hydrogen) atoms. The van der Waals surface area contributed by atoms with Gasteiger partial charge in [-0.05, 0) is 30.0 Å². The Morgan fingerprint density at radius 2 is 2.20 bits per heavy atom. The largest absolute Gasteiger partial charge is 0.483 e. The minimum Gasteiger partial charge on any atom is -0.483 e. The highest BCUT2D eigenvalue weighted by molar-refractivity contribution is 5.78. The van der Waals surface area contributed by atoms with Crippen molar-refractivity contribution in [2.75, 3.05) is 32.9 Å². The van der Waals surface area contributed by atoms with Gasteiger partial charge in [0.05, 0.1) is 13.2 Å². The van der Waals surface area contributed by atoms with Crippen LogP contribution in [0.4, 0.5) is 0 Å². The first-order valence-corrected chi connectivity index (χ1v) is 7.11. The average Bonchev–Trinajstić information content (AvgIpc) is 2.88. The Bertz CT molecular complexity index is 498. The minimum absolute atomic E-state index is 0.0215. The fraction of sp³-hybridized carbons (Fsp3) is 0.533. The van der Waals surface area contributed by atoms with Gasteiger partial charge >= 0.3 is 0 Å². The van der Waals surface area contributed by atoms with E-state index in [2.05, 4.69) is 0 Å². The number of hydrogen-bond acceptors (Lipinski definition) is 4. The zero-order valence-corrected chi connectivity index (χ0v) is 11.5. The van der Waals surface area contributed by atoms with Crippen molar-refractivity contribution in [3.63, 3.8) is 0 Å². The van der Waals surface area contributed by atoms with Gasteiger partial charge in [-0.25, -0.2) is 0 Å². The van der Waals surface area contributed by atoms with Crippen LogP contribution in [0.25, 0.3) is 0 Å². The first kappa shape index (κ1) is 13.4. The maximum absolute atomic E-state index is 12.1. The third-order valence-electron chi connectivity index (χ3n) is 3.99. The Morgan fingerprint density at radius 1 is 1.40 bits per heavy atom. The first-order chi connectivity index (χ1) is 9.75. The molecule has 2 N–H and O–H groups in total. The SMILES string of the molecule is NC1CCc2c(OCC(=O)N3CCOCC3)cccc21. The number of nitrogens with zero attached hydrogens (tertiary/aromatic N) is 1. The van der Waals surface area contributed by atoms with Crippen LogP contribution in [0.1, 0.15) is 23.6 Å². The topological polar surface area (TPSA) is 64.8 Å². The van der Waals surface area contributed by atoms with Gasteiger partial charge in [0.25, 0.3) is 5.91 Å². The summed E-state index contributed by atoms with van der Waals surface area (Å²) < 4.78 is 11.0. The lowest BCUT2D eigenvalue weighted by Crippen LogP contribution is -2.43. The fourth-order valence-corrected chi connectivity index (χ4v) is 2.83. The lowest BCUT2D eigenvalue weighted by Gasteiger charge is -2.26. The van der Waals surface area contributed by atoms with E-state index in [1.54, 1.807) is 4.90 Å². The quantitative estimate of drug-likeness (QED) is 0.889. The molecule has 0 radical (unpaired) electrons. The number of ether oxygens (including phenoxy) is 2. The van der Waals surface area contributed by atoms with Crippen LogP contribution in [-0.2, 0) is 16.0 Å². The van der Waals surface area contributed by atoms with E-state index in [4.69, 9.17) is 15.2 Å². The third kappa shape index (κ3) is 2.64. The number of benzene rings is 1. The van der Waals surface area contributed by atoms with Crippen LogP contribution in [-0.4, -0.2) is 43.7 Å².